The standard InChI is InChI=1S/C13H17FO4/c1-13(2,3)12(17-4)18-10-7-8(11(15)16)5-6-9(10)14/h5-7,12H,1-4H3,(H,15,16)/p-1. The van der Waals surface area contributed by atoms with Crippen LogP contribution in [-0.2, 0) is 4.74 Å². The lowest BCUT2D eigenvalue weighted by atomic mass is 9.96. The number of hydrogen-bond acceptors (Lipinski definition) is 4. The molecule has 1 atom stereocenters. The van der Waals surface area contributed by atoms with Crippen molar-refractivity contribution in [2.45, 2.75) is 27.1 Å². The third-order valence-corrected chi connectivity index (χ3v) is 2.32. The molecule has 0 amide bonds. The van der Waals surface area contributed by atoms with Gasteiger partial charge in [-0.1, -0.05) is 20.8 Å². The van der Waals surface area contributed by atoms with Crippen LogP contribution >= 0.6 is 0 Å². The molecule has 0 radical (unpaired) electrons. The minimum atomic E-state index is -1.38. The third kappa shape index (κ3) is 3.43. The normalized spacial score (nSPS) is 13.2. The summed E-state index contributed by atoms with van der Waals surface area (Å²) in [6.45, 7) is 5.59. The largest absolute Gasteiger partial charge is 0.545 e. The molecule has 1 aromatic rings. The van der Waals surface area contributed by atoms with Crippen LogP contribution in [0.15, 0.2) is 18.2 Å². The van der Waals surface area contributed by atoms with Gasteiger partial charge in [0.05, 0.1) is 5.97 Å². The van der Waals surface area contributed by atoms with Crippen molar-refractivity contribution >= 4 is 5.97 Å². The second-order valence-electron chi connectivity index (χ2n) is 4.98. The number of carboxylic acids is 1. The average molecular weight is 255 g/mol. The number of benzene rings is 1. The molecule has 0 fully saturated rings. The zero-order valence-corrected chi connectivity index (χ0v) is 10.8. The van der Waals surface area contributed by atoms with Gasteiger partial charge >= 0.3 is 0 Å². The molecule has 1 unspecified atom stereocenters. The zero-order valence-electron chi connectivity index (χ0n) is 10.8. The summed E-state index contributed by atoms with van der Waals surface area (Å²) in [6, 6.07) is 3.23. The van der Waals surface area contributed by atoms with Gasteiger partial charge in [-0.3, -0.25) is 0 Å². The number of ether oxygens (including phenoxy) is 2. The highest BCUT2D eigenvalue weighted by Gasteiger charge is 2.27. The van der Waals surface area contributed by atoms with Crippen LogP contribution in [0.2, 0.25) is 0 Å². The van der Waals surface area contributed by atoms with E-state index < -0.39 is 18.1 Å². The summed E-state index contributed by atoms with van der Waals surface area (Å²) in [4.78, 5) is 10.7. The minimum absolute atomic E-state index is 0.143. The molecule has 0 bridgehead atoms. The van der Waals surface area contributed by atoms with Crippen LogP contribution in [0, 0.1) is 11.2 Å². The van der Waals surface area contributed by atoms with E-state index in [1.54, 1.807) is 0 Å². The lowest BCUT2D eigenvalue weighted by Gasteiger charge is -2.29. The highest BCUT2D eigenvalue weighted by Crippen LogP contribution is 2.27. The summed E-state index contributed by atoms with van der Waals surface area (Å²) in [5.41, 5.74) is -0.520. The minimum Gasteiger partial charge on any atom is -0.545 e. The molecule has 0 spiro atoms. The quantitative estimate of drug-likeness (QED) is 0.766. The highest BCUT2D eigenvalue weighted by molar-refractivity contribution is 5.86. The van der Waals surface area contributed by atoms with Gasteiger partial charge in [0.25, 0.3) is 0 Å². The monoisotopic (exact) mass is 255 g/mol. The van der Waals surface area contributed by atoms with Crippen molar-refractivity contribution in [3.05, 3.63) is 29.6 Å². The smallest absolute Gasteiger partial charge is 0.204 e. The second kappa shape index (κ2) is 5.35. The number of carbonyl (C=O) groups excluding carboxylic acids is 1. The first-order valence-corrected chi connectivity index (χ1v) is 5.46. The zero-order chi connectivity index (χ0) is 13.9. The van der Waals surface area contributed by atoms with E-state index in [2.05, 4.69) is 0 Å². The van der Waals surface area contributed by atoms with E-state index in [-0.39, 0.29) is 16.7 Å². The first-order chi connectivity index (χ1) is 8.25. The molecular weight excluding hydrogens is 239 g/mol. The average Bonchev–Trinajstić information content (AvgIpc) is 2.25. The maximum absolute atomic E-state index is 13.5. The number of carbonyl (C=O) groups is 1. The molecule has 5 heteroatoms. The molecule has 0 aliphatic rings. The van der Waals surface area contributed by atoms with E-state index in [9.17, 15) is 14.3 Å². The summed E-state index contributed by atoms with van der Waals surface area (Å²) in [6.07, 6.45) is -0.691. The summed E-state index contributed by atoms with van der Waals surface area (Å²) < 4.78 is 24.0. The molecule has 0 N–H and O–H groups in total. The SMILES string of the molecule is COC(Oc1cc(C(=O)[O-])ccc1F)C(C)(C)C. The van der Waals surface area contributed by atoms with Gasteiger partial charge < -0.3 is 19.4 Å². The van der Waals surface area contributed by atoms with Gasteiger partial charge in [0, 0.05) is 18.1 Å². The molecule has 0 heterocycles. The third-order valence-electron chi connectivity index (χ3n) is 2.32. The first kappa shape index (κ1) is 14.4. The number of carboxylic acid groups (broad SMARTS) is 1. The predicted octanol–water partition coefficient (Wildman–Crippen LogP) is 1.59. The van der Waals surface area contributed by atoms with Crippen LogP contribution in [0.1, 0.15) is 31.1 Å². The molecule has 0 saturated carbocycles. The Kier molecular flexibility index (Phi) is 4.29. The van der Waals surface area contributed by atoms with Gasteiger partial charge in [0.2, 0.25) is 6.29 Å². The maximum atomic E-state index is 13.5. The Morgan fingerprint density at radius 2 is 2.00 bits per heavy atom. The molecule has 0 aliphatic heterocycles. The molecule has 1 aromatic carbocycles. The fourth-order valence-electron chi connectivity index (χ4n) is 1.41. The molecule has 1 rings (SSSR count). The van der Waals surface area contributed by atoms with Crippen LogP contribution < -0.4 is 9.84 Å². The van der Waals surface area contributed by atoms with Gasteiger partial charge in [-0.15, -0.1) is 0 Å². The van der Waals surface area contributed by atoms with E-state index in [0.717, 1.165) is 18.2 Å². The summed E-state index contributed by atoms with van der Waals surface area (Å²) >= 11 is 0. The molecule has 0 aromatic heterocycles. The molecule has 4 nitrogen and oxygen atoms in total. The number of halogens is 1. The topological polar surface area (TPSA) is 58.6 Å². The summed E-state index contributed by atoms with van der Waals surface area (Å²) in [5.74, 6) is -2.20. The van der Waals surface area contributed by atoms with Crippen LogP contribution in [0.3, 0.4) is 0 Å². The predicted molar refractivity (Wildman–Crippen MR) is 61.6 cm³/mol. The fourth-order valence-corrected chi connectivity index (χ4v) is 1.41. The molecule has 0 aliphatic carbocycles. The highest BCUT2D eigenvalue weighted by atomic mass is 19.1. The van der Waals surface area contributed by atoms with E-state index >= 15 is 0 Å². The van der Waals surface area contributed by atoms with Crippen molar-refractivity contribution in [1.29, 1.82) is 0 Å². The van der Waals surface area contributed by atoms with Crippen molar-refractivity contribution in [3.63, 3.8) is 0 Å². The van der Waals surface area contributed by atoms with Gasteiger partial charge in [-0.25, -0.2) is 4.39 Å². The Hall–Kier alpha value is -1.62. The van der Waals surface area contributed by atoms with Crippen LogP contribution in [-0.4, -0.2) is 19.4 Å². The molecule has 0 saturated heterocycles. The lowest BCUT2D eigenvalue weighted by Crippen LogP contribution is -2.34. The molecule has 100 valence electrons. The molecule has 18 heavy (non-hydrogen) atoms. The first-order valence-electron chi connectivity index (χ1n) is 5.46. The van der Waals surface area contributed by atoms with Crippen LogP contribution in [0.4, 0.5) is 4.39 Å². The van der Waals surface area contributed by atoms with Gasteiger partial charge in [0.1, 0.15) is 0 Å². The lowest BCUT2D eigenvalue weighted by molar-refractivity contribution is -0.255. The number of rotatable bonds is 4. The Balaban J connectivity index is 3.02. The van der Waals surface area contributed by atoms with Crippen LogP contribution in [0.5, 0.6) is 5.75 Å². The molecular formula is C13H16FO4-. The van der Waals surface area contributed by atoms with E-state index in [1.165, 1.54) is 7.11 Å². The fraction of sp³-hybridized carbons (Fsp3) is 0.462. The number of methoxy groups -OCH3 is 1. The Morgan fingerprint density at radius 1 is 1.39 bits per heavy atom. The van der Waals surface area contributed by atoms with Crippen molar-refractivity contribution in [3.8, 4) is 5.75 Å². The van der Waals surface area contributed by atoms with Crippen LogP contribution in [0.25, 0.3) is 0 Å². The Morgan fingerprint density at radius 3 is 2.44 bits per heavy atom. The second-order valence-corrected chi connectivity index (χ2v) is 4.98. The van der Waals surface area contributed by atoms with Crippen molar-refractivity contribution in [1.82, 2.24) is 0 Å². The Labute approximate surface area is 105 Å². The van der Waals surface area contributed by atoms with E-state index in [1.807, 2.05) is 20.8 Å². The number of aromatic carboxylic acids is 1. The van der Waals surface area contributed by atoms with Gasteiger partial charge in [0.15, 0.2) is 11.6 Å². The Bertz CT molecular complexity index is 437. The maximum Gasteiger partial charge on any atom is 0.204 e. The van der Waals surface area contributed by atoms with E-state index in [4.69, 9.17) is 9.47 Å². The number of hydrogen-bond donors (Lipinski definition) is 0. The van der Waals surface area contributed by atoms with Gasteiger partial charge in [-0.2, -0.15) is 0 Å². The van der Waals surface area contributed by atoms with Gasteiger partial charge in [-0.05, 0) is 18.2 Å². The summed E-state index contributed by atoms with van der Waals surface area (Å²) in [5, 5.41) is 10.7. The van der Waals surface area contributed by atoms with Crippen molar-refractivity contribution < 1.29 is 23.8 Å². The summed E-state index contributed by atoms with van der Waals surface area (Å²) in [7, 11) is 1.44. The van der Waals surface area contributed by atoms with Crippen molar-refractivity contribution in [2.75, 3.05) is 7.11 Å². The van der Waals surface area contributed by atoms with E-state index in [0.29, 0.717) is 0 Å². The van der Waals surface area contributed by atoms with Crippen molar-refractivity contribution in [2.24, 2.45) is 5.41 Å².